The number of hydrogen-bond acceptors (Lipinski definition) is 2. The predicted molar refractivity (Wildman–Crippen MR) is 62.6 cm³/mol. The maximum atomic E-state index is 9.65. The fourth-order valence-corrected chi connectivity index (χ4v) is 0.396. The summed E-state index contributed by atoms with van der Waals surface area (Å²) in [5.74, 6) is 28.2. The van der Waals surface area contributed by atoms with Crippen LogP contribution in [0.25, 0.3) is 0 Å². The molecule has 17 heavy (non-hydrogen) atoms. The van der Waals surface area contributed by atoms with Gasteiger partial charge >= 0.3 is 6.47 Å². The maximum absolute atomic E-state index is 9.65. The van der Waals surface area contributed by atoms with Gasteiger partial charge in [0, 0.05) is 35.5 Å². The van der Waals surface area contributed by atoms with Crippen molar-refractivity contribution in [3.63, 3.8) is 0 Å². The van der Waals surface area contributed by atoms with Crippen molar-refractivity contribution in [2.24, 2.45) is 0 Å². The zero-order valence-corrected chi connectivity index (χ0v) is 8.47. The number of terminal acetylenes is 1. The highest BCUT2D eigenvalue weighted by molar-refractivity contribution is 5.45. The first-order valence-corrected chi connectivity index (χ1v) is 3.96. The minimum Gasteiger partial charge on any atom is -0.374 e. The van der Waals surface area contributed by atoms with Gasteiger partial charge in [-0.25, -0.2) is 0 Å². The molecular formula is C15H2O2. The lowest BCUT2D eigenvalue weighted by Crippen LogP contribution is -1.70. The van der Waals surface area contributed by atoms with Crippen LogP contribution < -0.4 is 0 Å². The van der Waals surface area contributed by atoms with Gasteiger partial charge in [-0.15, -0.1) is 6.42 Å². The van der Waals surface area contributed by atoms with E-state index in [2.05, 4.69) is 75.8 Å². The quantitative estimate of drug-likeness (QED) is 0.445. The average Bonchev–Trinajstić information content (AvgIpc) is 2.35. The Hall–Kier alpha value is -3.61. The molecule has 0 spiro atoms. The van der Waals surface area contributed by atoms with Crippen LogP contribution in [0.1, 0.15) is 0 Å². The average molecular weight is 214 g/mol. The summed E-state index contributed by atoms with van der Waals surface area (Å²) in [6.45, 7) is 0.202. The lowest BCUT2D eigenvalue weighted by atomic mass is 10.5. The van der Waals surface area contributed by atoms with Gasteiger partial charge in [0.15, 0.2) is 0 Å². The normalized spacial score (nSPS) is 4.18. The Bertz CT molecular complexity index is 680. The lowest BCUT2D eigenvalue weighted by Gasteiger charge is -1.67. The molecule has 0 aliphatic heterocycles. The van der Waals surface area contributed by atoms with E-state index in [1.807, 2.05) is 6.11 Å². The van der Waals surface area contributed by atoms with Gasteiger partial charge in [-0.05, 0) is 35.5 Å². The molecule has 0 bridgehead atoms. The van der Waals surface area contributed by atoms with E-state index in [0.717, 1.165) is 0 Å². The second kappa shape index (κ2) is 12.4. The molecule has 0 saturated carbocycles. The molecule has 0 N–H and O–H groups in total. The van der Waals surface area contributed by atoms with Gasteiger partial charge < -0.3 is 4.74 Å². The van der Waals surface area contributed by atoms with E-state index in [1.54, 1.807) is 0 Å². The second-order valence-corrected chi connectivity index (χ2v) is 1.84. The molecule has 0 aliphatic rings. The molecule has 74 valence electrons. The highest BCUT2D eigenvalue weighted by Gasteiger charge is 1.61. The fraction of sp³-hybridized carbons (Fsp3) is 0. The number of hydrogen-bond donors (Lipinski definition) is 0. The third-order valence-electron chi connectivity index (χ3n) is 0.855. The minimum atomic E-state index is 0.202. The van der Waals surface area contributed by atoms with Crippen molar-refractivity contribution in [3.8, 4) is 83.6 Å². The lowest BCUT2D eigenvalue weighted by molar-refractivity contribution is -0.122. The van der Waals surface area contributed by atoms with Crippen LogP contribution in [-0.4, -0.2) is 6.47 Å². The van der Waals surface area contributed by atoms with E-state index in [-0.39, 0.29) is 6.47 Å². The van der Waals surface area contributed by atoms with Crippen LogP contribution in [0.3, 0.4) is 0 Å². The van der Waals surface area contributed by atoms with Gasteiger partial charge in [-0.2, -0.15) is 0 Å². The monoisotopic (exact) mass is 214 g/mol. The van der Waals surface area contributed by atoms with E-state index in [9.17, 15) is 4.79 Å². The van der Waals surface area contributed by atoms with E-state index < -0.39 is 0 Å². The first kappa shape index (κ1) is 13.4. The Kier molecular flexibility index (Phi) is 9.76. The zero-order chi connectivity index (χ0) is 12.6. The van der Waals surface area contributed by atoms with Crippen molar-refractivity contribution in [3.05, 3.63) is 0 Å². The fourth-order valence-electron chi connectivity index (χ4n) is 0.396. The molecule has 0 fully saturated rings. The minimum absolute atomic E-state index is 0.202. The smallest absolute Gasteiger partial charge is 0.307 e. The van der Waals surface area contributed by atoms with Gasteiger partial charge in [-0.3, -0.25) is 4.79 Å². The van der Waals surface area contributed by atoms with E-state index in [0.29, 0.717) is 0 Å². The number of rotatable bonds is 1. The van der Waals surface area contributed by atoms with Gasteiger partial charge in [0.2, 0.25) is 0 Å². The van der Waals surface area contributed by atoms with Crippen molar-refractivity contribution in [2.75, 3.05) is 0 Å². The Morgan fingerprint density at radius 2 is 1.12 bits per heavy atom. The summed E-state index contributed by atoms with van der Waals surface area (Å²) < 4.78 is 4.06. The predicted octanol–water partition coefficient (Wildman–Crippen LogP) is -0.229. The molecule has 0 atom stereocenters. The summed E-state index contributed by atoms with van der Waals surface area (Å²) in [4.78, 5) is 9.65. The SMILES string of the molecule is C#CC#CC#CC#CC#CC#CC#COC=O. The molecular weight excluding hydrogens is 212 g/mol. The molecule has 0 radical (unpaired) electrons. The molecule has 2 heteroatoms. The molecule has 0 saturated heterocycles. The van der Waals surface area contributed by atoms with Crippen molar-refractivity contribution in [2.45, 2.75) is 0 Å². The highest BCUT2D eigenvalue weighted by Crippen LogP contribution is 1.58. The van der Waals surface area contributed by atoms with Crippen LogP contribution in [-0.2, 0) is 9.53 Å². The number of ether oxygens (including phenoxy) is 1. The number of carbonyl (C=O) groups is 1. The van der Waals surface area contributed by atoms with Crippen LogP contribution >= 0.6 is 0 Å². The molecule has 0 rings (SSSR count). The molecule has 0 aliphatic carbocycles. The summed E-state index contributed by atoms with van der Waals surface area (Å²) in [5, 5.41) is 0. The van der Waals surface area contributed by atoms with Gasteiger partial charge in [-0.1, -0.05) is 0 Å². The van der Waals surface area contributed by atoms with E-state index in [1.165, 1.54) is 0 Å². The molecule has 0 aromatic heterocycles. The Morgan fingerprint density at radius 3 is 1.53 bits per heavy atom. The van der Waals surface area contributed by atoms with Crippen molar-refractivity contribution >= 4 is 6.47 Å². The maximum Gasteiger partial charge on any atom is 0.307 e. The van der Waals surface area contributed by atoms with Crippen molar-refractivity contribution < 1.29 is 9.53 Å². The summed E-state index contributed by atoms with van der Waals surface area (Å²) in [6, 6.07) is 0. The summed E-state index contributed by atoms with van der Waals surface area (Å²) in [7, 11) is 0. The van der Waals surface area contributed by atoms with Crippen LogP contribution in [0.5, 0.6) is 0 Å². The molecule has 0 aromatic rings. The zero-order valence-electron chi connectivity index (χ0n) is 8.47. The first-order valence-electron chi connectivity index (χ1n) is 3.96. The van der Waals surface area contributed by atoms with Gasteiger partial charge in [0.25, 0.3) is 0 Å². The van der Waals surface area contributed by atoms with Gasteiger partial charge in [0.05, 0.1) is 0 Å². The van der Waals surface area contributed by atoms with Crippen LogP contribution in [0.15, 0.2) is 0 Å². The standard InChI is InChI=1S/C15H2O2/c1-2-3-4-5-6-7-8-9-10-11-12-13-14-17-15-16/h1,15H. The highest BCUT2D eigenvalue weighted by atomic mass is 16.5. The molecule has 0 amide bonds. The second-order valence-electron chi connectivity index (χ2n) is 1.84. The van der Waals surface area contributed by atoms with Crippen molar-refractivity contribution in [1.82, 2.24) is 0 Å². The molecule has 2 nitrogen and oxygen atoms in total. The Morgan fingerprint density at radius 1 is 0.706 bits per heavy atom. The summed E-state index contributed by atoms with van der Waals surface area (Å²) in [6.07, 6.45) is 6.88. The largest absolute Gasteiger partial charge is 0.374 e. The third-order valence-corrected chi connectivity index (χ3v) is 0.855. The van der Waals surface area contributed by atoms with Gasteiger partial charge in [0.1, 0.15) is 6.11 Å². The Balaban J connectivity index is 4.19. The van der Waals surface area contributed by atoms with Crippen molar-refractivity contribution in [1.29, 1.82) is 0 Å². The molecule has 0 aromatic carbocycles. The van der Waals surface area contributed by atoms with E-state index >= 15 is 0 Å². The van der Waals surface area contributed by atoms with E-state index in [4.69, 9.17) is 6.42 Å². The third kappa shape index (κ3) is 12.4. The van der Waals surface area contributed by atoms with Crippen LogP contribution in [0.4, 0.5) is 0 Å². The summed E-state index contributed by atoms with van der Waals surface area (Å²) >= 11 is 0. The summed E-state index contributed by atoms with van der Waals surface area (Å²) in [5.41, 5.74) is 0. The van der Waals surface area contributed by atoms with Crippen LogP contribution in [0.2, 0.25) is 0 Å². The number of carbonyl (C=O) groups excluding carboxylic acids is 1. The Labute approximate surface area is 100 Å². The topological polar surface area (TPSA) is 26.3 Å². The molecule has 0 heterocycles. The van der Waals surface area contributed by atoms with Crippen LogP contribution in [0, 0.1) is 83.6 Å². The molecule has 0 unspecified atom stereocenters. The first-order chi connectivity index (χ1) is 8.41.